The van der Waals surface area contributed by atoms with E-state index in [0.29, 0.717) is 36.0 Å². The number of hydrazone groups is 1. The van der Waals surface area contributed by atoms with Gasteiger partial charge in [-0.15, -0.1) is 5.10 Å². The number of amidine groups is 1. The van der Waals surface area contributed by atoms with Crippen LogP contribution in [0.5, 0.6) is 5.75 Å². The van der Waals surface area contributed by atoms with E-state index in [0.717, 1.165) is 31.5 Å². The first kappa shape index (κ1) is 26.7. The fourth-order valence-corrected chi connectivity index (χ4v) is 4.47. The molecule has 0 spiro atoms. The lowest BCUT2D eigenvalue weighted by molar-refractivity contribution is 0.0945. The molecule has 0 aliphatic carbocycles. The summed E-state index contributed by atoms with van der Waals surface area (Å²) in [4.78, 5) is 17.1. The van der Waals surface area contributed by atoms with E-state index in [-0.39, 0.29) is 30.7 Å². The molecule has 0 atom stereocenters. The van der Waals surface area contributed by atoms with Gasteiger partial charge in [0.2, 0.25) is 0 Å². The van der Waals surface area contributed by atoms with Crippen LogP contribution in [-0.2, 0) is 6.54 Å². The Bertz CT molecular complexity index is 1010. The third-order valence-electron chi connectivity index (χ3n) is 5.71. The molecule has 1 aromatic heterocycles. The van der Waals surface area contributed by atoms with Gasteiger partial charge in [0, 0.05) is 30.9 Å². The summed E-state index contributed by atoms with van der Waals surface area (Å²) in [5.74, 6) is 7.14. The van der Waals surface area contributed by atoms with Crippen LogP contribution in [0.1, 0.15) is 40.2 Å². The van der Waals surface area contributed by atoms with Crippen LogP contribution in [-0.4, -0.2) is 70.4 Å². The van der Waals surface area contributed by atoms with Gasteiger partial charge in [0.1, 0.15) is 18.1 Å². The number of amides is 1. The highest BCUT2D eigenvalue weighted by molar-refractivity contribution is 7.96. The normalized spacial score (nSPS) is 15.1. The molecule has 11 heteroatoms. The minimum Gasteiger partial charge on any atom is -0.491 e. The molecule has 0 radical (unpaired) electrons. The third kappa shape index (κ3) is 8.39. The van der Waals surface area contributed by atoms with Gasteiger partial charge in [0.25, 0.3) is 5.91 Å². The first-order valence-corrected chi connectivity index (χ1v) is 12.8. The molecule has 2 heterocycles. The average molecular weight is 502 g/mol. The first-order chi connectivity index (χ1) is 16.9. The molecule has 1 fully saturated rings. The number of aliphatic hydroxyl groups is 1. The zero-order valence-corrected chi connectivity index (χ0v) is 21.1. The molecule has 0 bridgehead atoms. The van der Waals surface area contributed by atoms with Crippen molar-refractivity contribution in [1.29, 1.82) is 0 Å². The number of hydrogen-bond acceptors (Lipinski definition) is 9. The number of ether oxygens (including phenoxy) is 1. The summed E-state index contributed by atoms with van der Waals surface area (Å²) in [6.45, 7) is 4.97. The Morgan fingerprint density at radius 3 is 2.83 bits per heavy atom. The van der Waals surface area contributed by atoms with Crippen LogP contribution in [0.3, 0.4) is 0 Å². The van der Waals surface area contributed by atoms with Crippen molar-refractivity contribution in [3.63, 3.8) is 0 Å². The lowest BCUT2D eigenvalue weighted by Crippen LogP contribution is -2.38. The monoisotopic (exact) mass is 501 g/mol. The van der Waals surface area contributed by atoms with Crippen LogP contribution < -0.4 is 21.6 Å². The molecule has 6 N–H and O–H groups in total. The Balaban J connectivity index is 1.60. The van der Waals surface area contributed by atoms with E-state index in [9.17, 15) is 4.79 Å². The summed E-state index contributed by atoms with van der Waals surface area (Å²) >= 11 is 1.77. The largest absolute Gasteiger partial charge is 0.491 e. The molecule has 1 aliphatic heterocycles. The highest BCUT2D eigenvalue weighted by Gasteiger charge is 2.20. The first-order valence-electron chi connectivity index (χ1n) is 11.6. The molecule has 1 aromatic carbocycles. The molecule has 1 aliphatic rings. The van der Waals surface area contributed by atoms with Crippen LogP contribution >= 0.6 is 11.9 Å². The predicted molar refractivity (Wildman–Crippen MR) is 139 cm³/mol. The smallest absolute Gasteiger partial charge is 0.270 e. The SMILES string of the molecule is CSN1CCC(CN(N)/N=C(\N)c2cc(C)nc(C(=O)NCc3cccc(OCCO)c3)c2)CC1. The number of hydrogen-bond donors (Lipinski definition) is 4. The lowest BCUT2D eigenvalue weighted by Gasteiger charge is -2.31. The zero-order valence-electron chi connectivity index (χ0n) is 20.3. The highest BCUT2D eigenvalue weighted by Crippen LogP contribution is 2.21. The second-order valence-corrected chi connectivity index (χ2v) is 9.33. The number of carbonyl (C=O) groups excluding carboxylic acids is 1. The standard InChI is InChI=1S/C24H35N7O3S/c1-17-12-20(23(25)29-31(26)16-18-6-8-30(35-2)9-7-18)14-22(28-17)24(33)27-15-19-4-3-5-21(13-19)34-11-10-32/h3-5,12-14,18,32H,6-11,15-16,26H2,1-2H3,(H2,25,29)(H,27,33). The van der Waals surface area contributed by atoms with Crippen molar-refractivity contribution in [2.24, 2.45) is 22.6 Å². The minimum absolute atomic E-state index is 0.0613. The van der Waals surface area contributed by atoms with Gasteiger partial charge in [-0.1, -0.05) is 24.1 Å². The molecule has 190 valence electrons. The van der Waals surface area contributed by atoms with Gasteiger partial charge < -0.3 is 20.9 Å². The second-order valence-electron chi connectivity index (χ2n) is 8.45. The Hall–Kier alpha value is -2.86. The second kappa shape index (κ2) is 13.3. The van der Waals surface area contributed by atoms with Gasteiger partial charge in [-0.3, -0.25) is 9.10 Å². The van der Waals surface area contributed by atoms with Crippen LogP contribution in [0.2, 0.25) is 0 Å². The number of aliphatic hydroxyl groups excluding tert-OH is 1. The quantitative estimate of drug-likeness (QED) is 0.118. The maximum atomic E-state index is 12.8. The van der Waals surface area contributed by atoms with E-state index in [4.69, 9.17) is 21.4 Å². The number of nitrogens with zero attached hydrogens (tertiary/aromatic N) is 4. The molecule has 1 saturated heterocycles. The van der Waals surface area contributed by atoms with E-state index >= 15 is 0 Å². The zero-order chi connectivity index (χ0) is 25.2. The van der Waals surface area contributed by atoms with Gasteiger partial charge in [0.05, 0.1) is 13.2 Å². The van der Waals surface area contributed by atoms with Crippen molar-refractivity contribution in [3.05, 3.63) is 58.9 Å². The summed E-state index contributed by atoms with van der Waals surface area (Å²) in [7, 11) is 0. The number of rotatable bonds is 11. The Labute approximate surface area is 210 Å². The minimum atomic E-state index is -0.324. The van der Waals surface area contributed by atoms with Crippen molar-refractivity contribution in [2.45, 2.75) is 26.3 Å². The van der Waals surface area contributed by atoms with E-state index < -0.39 is 0 Å². The van der Waals surface area contributed by atoms with Crippen LogP contribution in [0.15, 0.2) is 41.5 Å². The molecule has 35 heavy (non-hydrogen) atoms. The number of carbonyl (C=O) groups is 1. The summed E-state index contributed by atoms with van der Waals surface area (Å²) in [6.07, 6.45) is 4.23. The van der Waals surface area contributed by atoms with E-state index in [1.54, 1.807) is 37.1 Å². The summed E-state index contributed by atoms with van der Waals surface area (Å²) in [5, 5.41) is 17.5. The van der Waals surface area contributed by atoms with Crippen molar-refractivity contribution in [3.8, 4) is 5.75 Å². The maximum absolute atomic E-state index is 12.8. The number of benzene rings is 1. The Kier molecular flexibility index (Phi) is 10.2. The molecule has 1 amide bonds. The summed E-state index contributed by atoms with van der Waals surface area (Å²) in [5.41, 5.74) is 8.59. The molecule has 3 rings (SSSR count). The van der Waals surface area contributed by atoms with Gasteiger partial charge in [0.15, 0.2) is 5.84 Å². The van der Waals surface area contributed by atoms with Gasteiger partial charge in [-0.2, -0.15) is 0 Å². The summed E-state index contributed by atoms with van der Waals surface area (Å²) in [6, 6.07) is 10.7. The highest BCUT2D eigenvalue weighted by atomic mass is 32.2. The molecule has 10 nitrogen and oxygen atoms in total. The fourth-order valence-electron chi connectivity index (χ4n) is 3.89. The lowest BCUT2D eigenvalue weighted by atomic mass is 9.98. The van der Waals surface area contributed by atoms with Crippen molar-refractivity contribution < 1.29 is 14.6 Å². The van der Waals surface area contributed by atoms with Crippen molar-refractivity contribution >= 4 is 23.7 Å². The predicted octanol–water partition coefficient (Wildman–Crippen LogP) is 1.48. The molecule has 2 aromatic rings. The molecular weight excluding hydrogens is 466 g/mol. The third-order valence-corrected chi connectivity index (χ3v) is 6.59. The number of aryl methyl sites for hydroxylation is 1. The number of pyridine rings is 1. The molecule has 0 unspecified atom stereocenters. The number of hydrazine groups is 1. The Morgan fingerprint density at radius 1 is 1.34 bits per heavy atom. The van der Waals surface area contributed by atoms with Crippen LogP contribution in [0.4, 0.5) is 0 Å². The van der Waals surface area contributed by atoms with E-state index in [2.05, 4.69) is 26.0 Å². The van der Waals surface area contributed by atoms with Crippen molar-refractivity contribution in [2.75, 3.05) is 39.1 Å². The number of nitrogens with two attached hydrogens (primary N) is 2. The number of piperidine rings is 1. The van der Waals surface area contributed by atoms with Crippen molar-refractivity contribution in [1.82, 2.24) is 19.7 Å². The Morgan fingerprint density at radius 2 is 2.11 bits per heavy atom. The number of nitrogens with one attached hydrogen (secondary N) is 1. The summed E-state index contributed by atoms with van der Waals surface area (Å²) < 4.78 is 7.77. The number of aromatic nitrogens is 1. The topological polar surface area (TPSA) is 142 Å². The van der Waals surface area contributed by atoms with Crippen LogP contribution in [0.25, 0.3) is 0 Å². The van der Waals surface area contributed by atoms with Gasteiger partial charge in [-0.05, 0) is 61.8 Å². The average Bonchev–Trinajstić information content (AvgIpc) is 2.86. The van der Waals surface area contributed by atoms with Crippen LogP contribution in [0, 0.1) is 12.8 Å². The maximum Gasteiger partial charge on any atom is 0.270 e. The fraction of sp³-hybridized carbons (Fsp3) is 0.458. The van der Waals surface area contributed by atoms with Gasteiger partial charge in [-0.25, -0.2) is 15.9 Å². The van der Waals surface area contributed by atoms with E-state index in [1.807, 2.05) is 18.2 Å². The van der Waals surface area contributed by atoms with E-state index in [1.165, 1.54) is 5.12 Å². The molecular formula is C24H35N7O3S. The molecule has 0 saturated carbocycles. The van der Waals surface area contributed by atoms with Gasteiger partial charge >= 0.3 is 0 Å².